The molecule has 7 heteroatoms. The quantitative estimate of drug-likeness (QED) is 0.860. The van der Waals surface area contributed by atoms with E-state index in [1.807, 2.05) is 0 Å². The Hall–Kier alpha value is -2.73. The van der Waals surface area contributed by atoms with Gasteiger partial charge in [0.2, 0.25) is 0 Å². The number of carboxylic acids is 1. The number of hydrogen-bond acceptors (Lipinski definition) is 4. The predicted molar refractivity (Wildman–Crippen MR) is 73.8 cm³/mol. The third-order valence-corrected chi connectivity index (χ3v) is 3.29. The van der Waals surface area contributed by atoms with Gasteiger partial charge in [-0.25, -0.2) is 9.69 Å². The molecule has 3 rings (SSSR count). The Morgan fingerprint density at radius 3 is 2.52 bits per heavy atom. The van der Waals surface area contributed by atoms with E-state index in [0.29, 0.717) is 0 Å². The van der Waals surface area contributed by atoms with E-state index in [1.54, 1.807) is 0 Å². The van der Waals surface area contributed by atoms with Gasteiger partial charge in [-0.1, -0.05) is 11.6 Å². The third-order valence-electron chi connectivity index (χ3n) is 3.08. The lowest BCUT2D eigenvalue weighted by Crippen LogP contribution is -2.29. The smallest absolute Gasteiger partial charge is 0.335 e. The lowest BCUT2D eigenvalue weighted by Gasteiger charge is -2.14. The number of benzene rings is 1. The number of amides is 2. The van der Waals surface area contributed by atoms with Crippen molar-refractivity contribution in [3.63, 3.8) is 0 Å². The standard InChI is InChI=1S/C14H7ClN2O4/c15-8-3-7(14(20)21)4-9(5-8)17-12(18)10-1-2-16-6-11(10)13(17)19/h1-6H,(H,20,21). The molecule has 1 aromatic heterocycles. The zero-order chi connectivity index (χ0) is 15.1. The van der Waals surface area contributed by atoms with Crippen LogP contribution in [0.2, 0.25) is 5.02 Å². The van der Waals surface area contributed by atoms with Gasteiger partial charge in [0.1, 0.15) is 0 Å². The second-order valence-electron chi connectivity index (χ2n) is 4.37. The number of fused-ring (bicyclic) bond motifs is 1. The van der Waals surface area contributed by atoms with Crippen LogP contribution in [0.15, 0.2) is 36.7 Å². The summed E-state index contributed by atoms with van der Waals surface area (Å²) in [4.78, 5) is 40.3. The number of rotatable bonds is 2. The molecule has 1 aliphatic rings. The van der Waals surface area contributed by atoms with E-state index < -0.39 is 17.8 Å². The molecule has 0 saturated carbocycles. The van der Waals surface area contributed by atoms with Gasteiger partial charge in [0.25, 0.3) is 11.8 Å². The average molecular weight is 303 g/mol. The fourth-order valence-electron chi connectivity index (χ4n) is 2.15. The Morgan fingerprint density at radius 2 is 1.86 bits per heavy atom. The molecule has 21 heavy (non-hydrogen) atoms. The molecule has 0 bridgehead atoms. The summed E-state index contributed by atoms with van der Waals surface area (Å²) in [5.74, 6) is -2.28. The topological polar surface area (TPSA) is 87.6 Å². The second kappa shape index (κ2) is 4.68. The number of hydrogen-bond donors (Lipinski definition) is 1. The van der Waals surface area contributed by atoms with Crippen LogP contribution in [-0.2, 0) is 0 Å². The Kier molecular flexibility index (Phi) is 2.95. The van der Waals surface area contributed by atoms with Gasteiger partial charge in [-0.3, -0.25) is 14.6 Å². The van der Waals surface area contributed by atoms with Crippen molar-refractivity contribution in [2.45, 2.75) is 0 Å². The highest BCUT2D eigenvalue weighted by molar-refractivity contribution is 6.35. The molecule has 0 saturated heterocycles. The van der Waals surface area contributed by atoms with Gasteiger partial charge in [0.05, 0.1) is 22.4 Å². The molecule has 0 spiro atoms. The summed E-state index contributed by atoms with van der Waals surface area (Å²) in [6.07, 6.45) is 2.71. The Morgan fingerprint density at radius 1 is 1.14 bits per heavy atom. The molecule has 1 aliphatic heterocycles. The van der Waals surface area contributed by atoms with Crippen molar-refractivity contribution in [1.29, 1.82) is 0 Å². The molecule has 0 atom stereocenters. The van der Waals surface area contributed by atoms with Crippen LogP contribution in [0.3, 0.4) is 0 Å². The van der Waals surface area contributed by atoms with Crippen LogP contribution in [0.5, 0.6) is 0 Å². The maximum absolute atomic E-state index is 12.3. The number of carboxylic acid groups (broad SMARTS) is 1. The SMILES string of the molecule is O=C(O)c1cc(Cl)cc(N2C(=O)c3ccncc3C2=O)c1. The number of aromatic nitrogens is 1. The molecule has 2 amide bonds. The van der Waals surface area contributed by atoms with Gasteiger partial charge < -0.3 is 5.11 Å². The molecule has 6 nitrogen and oxygen atoms in total. The lowest BCUT2D eigenvalue weighted by atomic mass is 10.2. The van der Waals surface area contributed by atoms with Gasteiger partial charge in [-0.15, -0.1) is 0 Å². The van der Waals surface area contributed by atoms with E-state index >= 15 is 0 Å². The Balaban J connectivity index is 2.13. The highest BCUT2D eigenvalue weighted by Crippen LogP contribution is 2.30. The maximum Gasteiger partial charge on any atom is 0.335 e. The molecule has 0 radical (unpaired) electrons. The van der Waals surface area contributed by atoms with Gasteiger partial charge in [0, 0.05) is 17.4 Å². The number of aromatic carboxylic acids is 1. The largest absolute Gasteiger partial charge is 0.478 e. The fraction of sp³-hybridized carbons (Fsp3) is 0. The van der Waals surface area contributed by atoms with Crippen molar-refractivity contribution in [2.24, 2.45) is 0 Å². The lowest BCUT2D eigenvalue weighted by molar-refractivity contribution is 0.0695. The first-order valence-electron chi connectivity index (χ1n) is 5.85. The minimum atomic E-state index is -1.20. The molecule has 1 N–H and O–H groups in total. The first kappa shape index (κ1) is 13.3. The normalized spacial score (nSPS) is 13.5. The van der Waals surface area contributed by atoms with E-state index in [-0.39, 0.29) is 27.4 Å². The number of halogens is 1. The van der Waals surface area contributed by atoms with Crippen molar-refractivity contribution < 1.29 is 19.5 Å². The Labute approximate surface area is 123 Å². The van der Waals surface area contributed by atoms with E-state index in [4.69, 9.17) is 16.7 Å². The molecule has 2 aromatic rings. The first-order valence-corrected chi connectivity index (χ1v) is 6.23. The van der Waals surface area contributed by atoms with E-state index in [1.165, 1.54) is 36.7 Å². The molecular formula is C14H7ClN2O4. The minimum Gasteiger partial charge on any atom is -0.478 e. The number of pyridine rings is 1. The van der Waals surface area contributed by atoms with Crippen molar-refractivity contribution in [3.05, 3.63) is 58.4 Å². The summed E-state index contributed by atoms with van der Waals surface area (Å²) < 4.78 is 0. The van der Waals surface area contributed by atoms with E-state index in [9.17, 15) is 14.4 Å². The number of carbonyl (C=O) groups excluding carboxylic acids is 2. The van der Waals surface area contributed by atoms with Crippen LogP contribution in [0.4, 0.5) is 5.69 Å². The number of nitrogens with zero attached hydrogens (tertiary/aromatic N) is 2. The van der Waals surface area contributed by atoms with Crippen molar-refractivity contribution in [1.82, 2.24) is 4.98 Å². The monoisotopic (exact) mass is 302 g/mol. The van der Waals surface area contributed by atoms with Gasteiger partial charge in [-0.05, 0) is 24.3 Å². The van der Waals surface area contributed by atoms with Crippen LogP contribution in [0.25, 0.3) is 0 Å². The van der Waals surface area contributed by atoms with Crippen LogP contribution in [0, 0.1) is 0 Å². The average Bonchev–Trinajstić information content (AvgIpc) is 2.71. The van der Waals surface area contributed by atoms with Crippen molar-refractivity contribution in [2.75, 3.05) is 4.90 Å². The molecule has 2 heterocycles. The zero-order valence-electron chi connectivity index (χ0n) is 10.4. The zero-order valence-corrected chi connectivity index (χ0v) is 11.2. The van der Waals surface area contributed by atoms with Gasteiger partial charge >= 0.3 is 5.97 Å². The van der Waals surface area contributed by atoms with E-state index in [2.05, 4.69) is 4.98 Å². The summed E-state index contributed by atoms with van der Waals surface area (Å²) in [6.45, 7) is 0. The van der Waals surface area contributed by atoms with Gasteiger partial charge in [-0.2, -0.15) is 0 Å². The van der Waals surface area contributed by atoms with Gasteiger partial charge in [0.15, 0.2) is 0 Å². The van der Waals surface area contributed by atoms with E-state index in [0.717, 1.165) is 4.90 Å². The summed E-state index contributed by atoms with van der Waals surface area (Å²) in [5.41, 5.74) is 0.421. The molecule has 1 aromatic carbocycles. The number of carbonyl (C=O) groups is 3. The fourth-order valence-corrected chi connectivity index (χ4v) is 2.38. The second-order valence-corrected chi connectivity index (χ2v) is 4.81. The van der Waals surface area contributed by atoms with Crippen molar-refractivity contribution in [3.8, 4) is 0 Å². The molecule has 0 unspecified atom stereocenters. The number of anilines is 1. The summed E-state index contributed by atoms with van der Waals surface area (Å²) in [6, 6.07) is 5.28. The predicted octanol–water partition coefficient (Wildman–Crippen LogP) is 2.23. The Bertz CT molecular complexity index is 768. The summed E-state index contributed by atoms with van der Waals surface area (Å²) >= 11 is 5.85. The minimum absolute atomic E-state index is 0.104. The maximum atomic E-state index is 12.3. The molecular weight excluding hydrogens is 296 g/mol. The van der Waals surface area contributed by atoms with Crippen LogP contribution in [0.1, 0.15) is 31.1 Å². The molecule has 0 fully saturated rings. The van der Waals surface area contributed by atoms with Crippen LogP contribution < -0.4 is 4.90 Å². The molecule has 0 aliphatic carbocycles. The van der Waals surface area contributed by atoms with Crippen molar-refractivity contribution >= 4 is 35.1 Å². The first-order chi connectivity index (χ1) is 9.99. The molecule has 104 valence electrons. The summed E-state index contributed by atoms with van der Waals surface area (Å²) in [7, 11) is 0. The number of imide groups is 1. The highest BCUT2D eigenvalue weighted by Gasteiger charge is 2.37. The van der Waals surface area contributed by atoms with Crippen LogP contribution in [-0.4, -0.2) is 27.9 Å². The highest BCUT2D eigenvalue weighted by atomic mass is 35.5. The summed E-state index contributed by atoms with van der Waals surface area (Å²) in [5, 5.41) is 9.15. The van der Waals surface area contributed by atoms with Crippen LogP contribution >= 0.6 is 11.6 Å². The third kappa shape index (κ3) is 2.05.